The molecular formula is C21H23F3N6S. The number of thiazole rings is 1. The Morgan fingerprint density at radius 3 is 2.61 bits per heavy atom. The molecule has 1 atom stereocenters. The third-order valence-electron chi connectivity index (χ3n) is 6.21. The van der Waals surface area contributed by atoms with E-state index >= 15 is 0 Å². The van der Waals surface area contributed by atoms with E-state index in [1.165, 1.54) is 11.9 Å². The average molecular weight is 449 g/mol. The van der Waals surface area contributed by atoms with Crippen molar-refractivity contribution in [3.63, 3.8) is 0 Å². The van der Waals surface area contributed by atoms with Crippen LogP contribution < -0.4 is 10.6 Å². The topological polar surface area (TPSA) is 71.2 Å². The Labute approximate surface area is 181 Å². The molecule has 2 aromatic heterocycles. The van der Waals surface area contributed by atoms with Gasteiger partial charge in [0.25, 0.3) is 0 Å². The van der Waals surface area contributed by atoms with Crippen molar-refractivity contribution in [1.82, 2.24) is 19.9 Å². The number of nitrogens with zero attached hydrogens (tertiary/aromatic N) is 5. The zero-order chi connectivity index (χ0) is 21.6. The summed E-state index contributed by atoms with van der Waals surface area (Å²) in [5, 5.41) is 0.0358. The third-order valence-corrected chi connectivity index (χ3v) is 7.18. The summed E-state index contributed by atoms with van der Waals surface area (Å²) in [4.78, 5) is 18.0. The van der Waals surface area contributed by atoms with Gasteiger partial charge >= 0.3 is 6.18 Å². The van der Waals surface area contributed by atoms with Crippen LogP contribution in [-0.4, -0.2) is 52.2 Å². The number of likely N-dealkylation sites (tertiary alicyclic amines) is 1. The van der Waals surface area contributed by atoms with Gasteiger partial charge in [-0.2, -0.15) is 13.2 Å². The minimum absolute atomic E-state index is 0.0358. The molecule has 10 heteroatoms. The average Bonchev–Trinajstić information content (AvgIpc) is 3.41. The monoisotopic (exact) mass is 448 g/mol. The summed E-state index contributed by atoms with van der Waals surface area (Å²) in [5.74, 6) is 0.656. The fourth-order valence-corrected chi connectivity index (χ4v) is 5.69. The molecule has 2 saturated heterocycles. The molecule has 2 aliphatic rings. The maximum atomic E-state index is 12.8. The molecule has 3 aromatic rings. The highest BCUT2D eigenvalue weighted by atomic mass is 32.1. The van der Waals surface area contributed by atoms with Crippen molar-refractivity contribution < 1.29 is 13.2 Å². The molecule has 0 amide bonds. The lowest BCUT2D eigenvalue weighted by Gasteiger charge is -2.25. The number of rotatable bonds is 4. The second-order valence-corrected chi connectivity index (χ2v) is 9.69. The highest BCUT2D eigenvalue weighted by Crippen LogP contribution is 2.42. The van der Waals surface area contributed by atoms with Crippen molar-refractivity contribution in [3.8, 4) is 0 Å². The van der Waals surface area contributed by atoms with E-state index in [9.17, 15) is 13.2 Å². The molecular weight excluding hydrogens is 425 g/mol. The van der Waals surface area contributed by atoms with Crippen molar-refractivity contribution in [2.24, 2.45) is 5.41 Å². The van der Waals surface area contributed by atoms with Crippen LogP contribution in [0.15, 0.2) is 30.6 Å². The molecule has 1 aromatic carbocycles. The normalized spacial score (nSPS) is 22.2. The third kappa shape index (κ3) is 4.31. The first kappa shape index (κ1) is 20.4. The van der Waals surface area contributed by atoms with Crippen LogP contribution in [0.2, 0.25) is 0 Å². The molecule has 164 valence electrons. The molecule has 4 heterocycles. The SMILES string of the molecule is Nc1ccc(CN2CCC3(CCN(c4ncnc5sc(CC(F)(F)F)nc45)C3)C2)cc1. The van der Waals surface area contributed by atoms with E-state index in [1.54, 1.807) is 0 Å². The Balaban J connectivity index is 1.30. The number of hydrogen-bond acceptors (Lipinski definition) is 7. The van der Waals surface area contributed by atoms with Gasteiger partial charge in [0.05, 0.1) is 6.42 Å². The van der Waals surface area contributed by atoms with Gasteiger partial charge < -0.3 is 10.6 Å². The molecule has 2 N–H and O–H groups in total. The largest absolute Gasteiger partial charge is 0.399 e. The number of nitrogens with two attached hydrogens (primary N) is 1. The van der Waals surface area contributed by atoms with E-state index in [2.05, 4.69) is 36.9 Å². The molecule has 6 nitrogen and oxygen atoms in total. The molecule has 5 rings (SSSR count). The lowest BCUT2D eigenvalue weighted by atomic mass is 9.86. The summed E-state index contributed by atoms with van der Waals surface area (Å²) in [7, 11) is 0. The van der Waals surface area contributed by atoms with Crippen LogP contribution in [0.4, 0.5) is 24.7 Å². The van der Waals surface area contributed by atoms with Crippen molar-refractivity contribution in [2.45, 2.75) is 32.0 Å². The summed E-state index contributed by atoms with van der Waals surface area (Å²) >= 11 is 0.997. The standard InChI is InChI=1S/C21H23F3N6S/c22-21(23,24)9-16-28-17-18(26-13-27-19(17)31-16)30-8-6-20(12-30)5-7-29(11-20)10-14-1-3-15(25)4-2-14/h1-4,13H,5-12,25H2. The second kappa shape index (κ2) is 7.59. The molecule has 1 spiro atoms. The van der Waals surface area contributed by atoms with E-state index in [-0.39, 0.29) is 10.4 Å². The van der Waals surface area contributed by atoms with E-state index in [4.69, 9.17) is 5.73 Å². The van der Waals surface area contributed by atoms with Gasteiger partial charge in [-0.1, -0.05) is 23.5 Å². The van der Waals surface area contributed by atoms with Crippen LogP contribution >= 0.6 is 11.3 Å². The molecule has 31 heavy (non-hydrogen) atoms. The first-order chi connectivity index (χ1) is 14.8. The van der Waals surface area contributed by atoms with Gasteiger partial charge in [0.1, 0.15) is 21.7 Å². The van der Waals surface area contributed by atoms with Gasteiger partial charge in [-0.25, -0.2) is 15.0 Å². The lowest BCUT2D eigenvalue weighted by molar-refractivity contribution is -0.127. The Morgan fingerprint density at radius 2 is 1.84 bits per heavy atom. The summed E-state index contributed by atoms with van der Waals surface area (Å²) in [6.45, 7) is 4.59. The Morgan fingerprint density at radius 1 is 1.06 bits per heavy atom. The Kier molecular flexibility index (Phi) is 5.01. The van der Waals surface area contributed by atoms with Gasteiger partial charge in [0, 0.05) is 37.3 Å². The van der Waals surface area contributed by atoms with Crippen molar-refractivity contribution in [2.75, 3.05) is 36.8 Å². The van der Waals surface area contributed by atoms with Crippen LogP contribution in [0, 0.1) is 5.41 Å². The van der Waals surface area contributed by atoms with Crippen LogP contribution in [-0.2, 0) is 13.0 Å². The van der Waals surface area contributed by atoms with E-state index in [1.807, 2.05) is 12.1 Å². The Hall–Kier alpha value is -2.46. The van der Waals surface area contributed by atoms with Gasteiger partial charge in [-0.3, -0.25) is 4.90 Å². The van der Waals surface area contributed by atoms with Gasteiger partial charge in [-0.05, 0) is 37.1 Å². The van der Waals surface area contributed by atoms with E-state index in [0.29, 0.717) is 16.2 Å². The van der Waals surface area contributed by atoms with Crippen LogP contribution in [0.5, 0.6) is 0 Å². The number of nitrogen functional groups attached to an aromatic ring is 1. The van der Waals surface area contributed by atoms with Gasteiger partial charge in [-0.15, -0.1) is 0 Å². The number of alkyl halides is 3. The first-order valence-corrected chi connectivity index (χ1v) is 11.1. The Bertz CT molecular complexity index is 1080. The minimum Gasteiger partial charge on any atom is -0.399 e. The number of halogens is 3. The molecule has 2 fully saturated rings. The quantitative estimate of drug-likeness (QED) is 0.611. The second-order valence-electron chi connectivity index (χ2n) is 8.62. The van der Waals surface area contributed by atoms with E-state index in [0.717, 1.165) is 62.6 Å². The highest BCUT2D eigenvalue weighted by molar-refractivity contribution is 7.18. The molecule has 0 radical (unpaired) electrons. The predicted octanol–water partition coefficient (Wildman–Crippen LogP) is 3.88. The van der Waals surface area contributed by atoms with Crippen molar-refractivity contribution >= 4 is 33.2 Å². The fraction of sp³-hybridized carbons (Fsp3) is 0.476. The predicted molar refractivity (Wildman–Crippen MR) is 115 cm³/mol. The zero-order valence-electron chi connectivity index (χ0n) is 16.9. The number of fused-ring (bicyclic) bond motifs is 1. The molecule has 0 aliphatic carbocycles. The molecule has 0 saturated carbocycles. The highest BCUT2D eigenvalue weighted by Gasteiger charge is 2.44. The molecule has 2 aliphatic heterocycles. The van der Waals surface area contributed by atoms with Gasteiger partial charge in [0.15, 0.2) is 5.82 Å². The number of aromatic nitrogens is 3. The fourth-order valence-electron chi connectivity index (χ4n) is 4.76. The number of benzene rings is 1. The maximum Gasteiger partial charge on any atom is 0.395 e. The van der Waals surface area contributed by atoms with E-state index < -0.39 is 12.6 Å². The summed E-state index contributed by atoms with van der Waals surface area (Å²) in [6, 6.07) is 8.00. The number of anilines is 2. The summed E-state index contributed by atoms with van der Waals surface area (Å²) in [5.41, 5.74) is 8.46. The lowest BCUT2D eigenvalue weighted by Crippen LogP contribution is -2.31. The summed E-state index contributed by atoms with van der Waals surface area (Å²) in [6.07, 6.45) is -1.74. The maximum absolute atomic E-state index is 12.8. The number of hydrogen-bond donors (Lipinski definition) is 1. The van der Waals surface area contributed by atoms with Gasteiger partial charge in [0.2, 0.25) is 0 Å². The molecule has 1 unspecified atom stereocenters. The molecule has 0 bridgehead atoms. The van der Waals surface area contributed by atoms with Crippen LogP contribution in [0.25, 0.3) is 10.3 Å². The smallest absolute Gasteiger partial charge is 0.395 e. The van der Waals surface area contributed by atoms with Crippen molar-refractivity contribution in [3.05, 3.63) is 41.2 Å². The summed E-state index contributed by atoms with van der Waals surface area (Å²) < 4.78 is 38.4. The zero-order valence-corrected chi connectivity index (χ0v) is 17.7. The van der Waals surface area contributed by atoms with Crippen molar-refractivity contribution in [1.29, 1.82) is 0 Å². The first-order valence-electron chi connectivity index (χ1n) is 10.3. The van der Waals surface area contributed by atoms with Crippen LogP contribution in [0.1, 0.15) is 23.4 Å². The minimum atomic E-state index is -4.28. The van der Waals surface area contributed by atoms with Crippen LogP contribution in [0.3, 0.4) is 0 Å².